The Hall–Kier alpha value is -8.78. The van der Waals surface area contributed by atoms with E-state index in [0.717, 1.165) is 28.2 Å². The lowest BCUT2D eigenvalue weighted by molar-refractivity contribution is 0.766. The van der Waals surface area contributed by atoms with Crippen LogP contribution in [0.1, 0.15) is 44.5 Å². The molecule has 69 heavy (non-hydrogen) atoms. The van der Waals surface area contributed by atoms with Gasteiger partial charge < -0.3 is 4.90 Å². The summed E-state index contributed by atoms with van der Waals surface area (Å²) in [4.78, 5) is 2.62. The summed E-state index contributed by atoms with van der Waals surface area (Å²) in [6.07, 6.45) is 0. The van der Waals surface area contributed by atoms with Gasteiger partial charge in [-0.25, -0.2) is 0 Å². The first kappa shape index (κ1) is 40.5. The predicted molar refractivity (Wildman–Crippen MR) is 287 cm³/mol. The van der Waals surface area contributed by atoms with Crippen molar-refractivity contribution < 1.29 is 0 Å². The van der Waals surface area contributed by atoms with Crippen molar-refractivity contribution in [3.8, 4) is 44.5 Å². The molecular formula is C68H47N. The van der Waals surface area contributed by atoms with E-state index in [-0.39, 0.29) is 0 Å². The third-order valence-corrected chi connectivity index (χ3v) is 14.8. The van der Waals surface area contributed by atoms with Crippen LogP contribution in [0.3, 0.4) is 0 Å². The zero-order chi connectivity index (χ0) is 45.8. The van der Waals surface area contributed by atoms with Crippen molar-refractivity contribution in [2.24, 2.45) is 0 Å². The van der Waals surface area contributed by atoms with Crippen molar-refractivity contribution in [2.75, 3.05) is 4.90 Å². The third-order valence-electron chi connectivity index (χ3n) is 14.8. The third kappa shape index (κ3) is 6.10. The molecule has 0 saturated carbocycles. The second kappa shape index (κ2) is 16.5. The average molecular weight is 878 g/mol. The smallest absolute Gasteiger partial charge is 0.0734 e. The molecule has 11 aromatic rings. The molecule has 0 N–H and O–H groups in total. The summed E-state index contributed by atoms with van der Waals surface area (Å²) in [6, 6.07) is 106. The largest absolute Gasteiger partial charge is 0.309 e. The highest BCUT2D eigenvalue weighted by Crippen LogP contribution is 2.63. The number of benzene rings is 11. The quantitative estimate of drug-likeness (QED) is 0.140. The van der Waals surface area contributed by atoms with Crippen LogP contribution in [0, 0.1) is 0 Å². The number of hydrogen-bond acceptors (Lipinski definition) is 1. The van der Waals surface area contributed by atoms with Gasteiger partial charge in [0.05, 0.1) is 27.9 Å². The topological polar surface area (TPSA) is 3.24 Å². The maximum Gasteiger partial charge on any atom is 0.0734 e. The van der Waals surface area contributed by atoms with Gasteiger partial charge >= 0.3 is 0 Å². The van der Waals surface area contributed by atoms with Gasteiger partial charge in [0.15, 0.2) is 0 Å². The Morgan fingerprint density at radius 3 is 1.19 bits per heavy atom. The van der Waals surface area contributed by atoms with Crippen molar-refractivity contribution in [1.82, 2.24) is 0 Å². The predicted octanol–water partition coefficient (Wildman–Crippen LogP) is 17.2. The van der Waals surface area contributed by atoms with Gasteiger partial charge in [-0.1, -0.05) is 267 Å². The van der Waals surface area contributed by atoms with Crippen LogP contribution in [0.2, 0.25) is 0 Å². The maximum atomic E-state index is 2.62. The normalized spacial score (nSPS) is 13.4. The molecule has 0 aliphatic heterocycles. The SMILES string of the molecule is c1ccc(-c2ccc(-c3ccccc3N(c3cccc4c3-c3ccccc3C4(c3ccccc3)c3ccccc3)c3cccc4c3C(c3ccccc3)(c3ccccc3)c3ccccc3-4)cc2)cc1. The summed E-state index contributed by atoms with van der Waals surface area (Å²) in [5.41, 5.74) is 21.8. The van der Waals surface area contributed by atoms with Crippen molar-refractivity contribution in [3.63, 3.8) is 0 Å². The van der Waals surface area contributed by atoms with E-state index in [4.69, 9.17) is 0 Å². The second-order valence-corrected chi connectivity index (χ2v) is 18.3. The lowest BCUT2D eigenvalue weighted by Gasteiger charge is -2.39. The Morgan fingerprint density at radius 1 is 0.217 bits per heavy atom. The fraction of sp³-hybridized carbons (Fsp3) is 0.0294. The van der Waals surface area contributed by atoms with Gasteiger partial charge in [0.2, 0.25) is 0 Å². The molecule has 0 saturated heterocycles. The fourth-order valence-electron chi connectivity index (χ4n) is 12.1. The molecule has 324 valence electrons. The van der Waals surface area contributed by atoms with E-state index in [1.165, 1.54) is 77.9 Å². The Kier molecular flexibility index (Phi) is 9.70. The monoisotopic (exact) mass is 877 g/mol. The molecule has 2 aliphatic carbocycles. The van der Waals surface area contributed by atoms with Gasteiger partial charge in [0.1, 0.15) is 0 Å². The molecule has 13 rings (SSSR count). The minimum atomic E-state index is -0.650. The van der Waals surface area contributed by atoms with E-state index in [1.54, 1.807) is 0 Å². The molecular weight excluding hydrogens is 831 g/mol. The fourth-order valence-corrected chi connectivity index (χ4v) is 12.1. The second-order valence-electron chi connectivity index (χ2n) is 18.3. The molecule has 2 aliphatic rings. The lowest BCUT2D eigenvalue weighted by Crippen LogP contribution is -2.30. The van der Waals surface area contributed by atoms with E-state index in [0.29, 0.717) is 0 Å². The van der Waals surface area contributed by atoms with Crippen molar-refractivity contribution in [1.29, 1.82) is 0 Å². The number of rotatable bonds is 9. The van der Waals surface area contributed by atoms with Crippen molar-refractivity contribution in [3.05, 3.63) is 330 Å². The molecule has 0 aromatic heterocycles. The van der Waals surface area contributed by atoms with Crippen LogP contribution >= 0.6 is 0 Å². The van der Waals surface area contributed by atoms with Crippen LogP contribution in [-0.2, 0) is 10.8 Å². The molecule has 1 heteroatoms. The molecule has 1 nitrogen and oxygen atoms in total. The van der Waals surface area contributed by atoms with Crippen molar-refractivity contribution >= 4 is 17.1 Å². The molecule has 0 unspecified atom stereocenters. The summed E-state index contributed by atoms with van der Waals surface area (Å²) in [7, 11) is 0. The van der Waals surface area contributed by atoms with Crippen LogP contribution in [0.15, 0.2) is 285 Å². The molecule has 11 aromatic carbocycles. The summed E-state index contributed by atoms with van der Waals surface area (Å²) in [5.74, 6) is 0. The Morgan fingerprint density at radius 2 is 0.594 bits per heavy atom. The van der Waals surface area contributed by atoms with Crippen LogP contribution in [0.25, 0.3) is 44.5 Å². The minimum Gasteiger partial charge on any atom is -0.309 e. The van der Waals surface area contributed by atoms with E-state index in [9.17, 15) is 0 Å². The number of fused-ring (bicyclic) bond motifs is 6. The first-order valence-electron chi connectivity index (χ1n) is 24.0. The van der Waals surface area contributed by atoms with Crippen molar-refractivity contribution in [2.45, 2.75) is 10.8 Å². The van der Waals surface area contributed by atoms with E-state index in [1.807, 2.05) is 0 Å². The Balaban J connectivity index is 1.16. The highest BCUT2D eigenvalue weighted by atomic mass is 15.2. The summed E-state index contributed by atoms with van der Waals surface area (Å²) < 4.78 is 0. The molecule has 0 radical (unpaired) electrons. The van der Waals surface area contributed by atoms with Gasteiger partial charge in [0, 0.05) is 16.7 Å². The number of hydrogen-bond donors (Lipinski definition) is 0. The van der Waals surface area contributed by atoms with Gasteiger partial charge in [-0.05, 0) is 90.5 Å². The summed E-state index contributed by atoms with van der Waals surface area (Å²) in [5, 5.41) is 0. The lowest BCUT2D eigenvalue weighted by atomic mass is 9.67. The van der Waals surface area contributed by atoms with Crippen LogP contribution in [0.4, 0.5) is 17.1 Å². The number of para-hydroxylation sites is 1. The van der Waals surface area contributed by atoms with Crippen LogP contribution < -0.4 is 4.90 Å². The molecule has 0 fully saturated rings. The number of nitrogens with zero attached hydrogens (tertiary/aromatic N) is 1. The molecule has 0 heterocycles. The molecule has 0 bridgehead atoms. The van der Waals surface area contributed by atoms with Crippen LogP contribution in [-0.4, -0.2) is 0 Å². The average Bonchev–Trinajstić information content (AvgIpc) is 3.92. The zero-order valence-corrected chi connectivity index (χ0v) is 38.1. The summed E-state index contributed by atoms with van der Waals surface area (Å²) >= 11 is 0. The maximum absolute atomic E-state index is 2.62. The van der Waals surface area contributed by atoms with Gasteiger partial charge in [-0.2, -0.15) is 0 Å². The van der Waals surface area contributed by atoms with Crippen LogP contribution in [0.5, 0.6) is 0 Å². The highest BCUT2D eigenvalue weighted by Gasteiger charge is 2.50. The first-order chi connectivity index (χ1) is 34.3. The van der Waals surface area contributed by atoms with Gasteiger partial charge in [-0.15, -0.1) is 0 Å². The summed E-state index contributed by atoms with van der Waals surface area (Å²) in [6.45, 7) is 0. The molecule has 0 atom stereocenters. The van der Waals surface area contributed by atoms with E-state index < -0.39 is 10.8 Å². The minimum absolute atomic E-state index is 0.574. The zero-order valence-electron chi connectivity index (χ0n) is 38.1. The van der Waals surface area contributed by atoms with Gasteiger partial charge in [-0.3, -0.25) is 0 Å². The first-order valence-corrected chi connectivity index (χ1v) is 24.0. The molecule has 0 spiro atoms. The molecule has 0 amide bonds. The van der Waals surface area contributed by atoms with E-state index in [2.05, 4.69) is 290 Å². The number of anilines is 3. The Bertz CT molecular complexity index is 3560. The van der Waals surface area contributed by atoms with Gasteiger partial charge in [0.25, 0.3) is 0 Å². The Labute approximate surface area is 404 Å². The standard InChI is InChI=1S/C68H47N/c1-6-24-48(25-7-1)49-44-46-50(47-45-49)55-34-18-21-41-62(55)69(63-42-23-40-61-65(63)58-36-17-20-39-60(58)67(61,51-26-8-2-9-27-51)52-28-10-3-11-29-52)64-43-22-37-57-56-35-16-19-38-59(56)68(66(57)64,53-30-12-4-13-31-53)54-32-14-5-15-33-54/h1-47H. The highest BCUT2D eigenvalue weighted by molar-refractivity contribution is 6.02. The van der Waals surface area contributed by atoms with E-state index >= 15 is 0 Å².